The van der Waals surface area contributed by atoms with Crippen molar-refractivity contribution in [1.29, 1.82) is 0 Å². The molecule has 0 aliphatic carbocycles. The summed E-state index contributed by atoms with van der Waals surface area (Å²) in [6.07, 6.45) is 2.02. The number of carboxylic acid groups (broad SMARTS) is 1. The molecule has 1 aliphatic rings. The van der Waals surface area contributed by atoms with Crippen LogP contribution in [0.1, 0.15) is 29.6 Å². The highest BCUT2D eigenvalue weighted by atomic mass is 16.5. The number of carbonyl (C=O) groups is 2. The predicted octanol–water partition coefficient (Wildman–Crippen LogP) is 1.82. The van der Waals surface area contributed by atoms with E-state index in [1.807, 2.05) is 4.90 Å². The van der Waals surface area contributed by atoms with Gasteiger partial charge in [-0.05, 0) is 50.2 Å². The molecule has 108 valence electrons. The molecular formula is C15H19NO4. The number of methoxy groups -OCH3 is 1. The van der Waals surface area contributed by atoms with E-state index in [0.29, 0.717) is 11.3 Å². The molecule has 1 aliphatic heterocycles. The maximum absolute atomic E-state index is 12.2. The number of carbonyl (C=O) groups excluding carboxylic acids is 1. The van der Waals surface area contributed by atoms with Gasteiger partial charge >= 0.3 is 5.97 Å². The van der Waals surface area contributed by atoms with Gasteiger partial charge in [0.1, 0.15) is 11.8 Å². The van der Waals surface area contributed by atoms with E-state index in [2.05, 4.69) is 0 Å². The van der Waals surface area contributed by atoms with Crippen molar-refractivity contribution < 1.29 is 19.4 Å². The molecule has 0 saturated carbocycles. The third-order valence-corrected chi connectivity index (χ3v) is 3.66. The highest BCUT2D eigenvalue weighted by molar-refractivity contribution is 5.98. The molecule has 20 heavy (non-hydrogen) atoms. The molecule has 1 N–H and O–H groups in total. The molecule has 0 bridgehead atoms. The van der Waals surface area contributed by atoms with Crippen molar-refractivity contribution in [2.45, 2.75) is 25.3 Å². The maximum Gasteiger partial charge on any atom is 0.321 e. The number of nitrogens with zero attached hydrogens (tertiary/aromatic N) is 1. The first-order chi connectivity index (χ1) is 9.61. The van der Waals surface area contributed by atoms with Gasteiger partial charge in [-0.3, -0.25) is 14.5 Å². The van der Waals surface area contributed by atoms with Gasteiger partial charge in [0.25, 0.3) is 0 Å². The van der Waals surface area contributed by atoms with Gasteiger partial charge in [0, 0.05) is 12.0 Å². The minimum Gasteiger partial charge on any atom is -0.497 e. The molecule has 5 nitrogen and oxygen atoms in total. The van der Waals surface area contributed by atoms with Gasteiger partial charge in [-0.25, -0.2) is 0 Å². The summed E-state index contributed by atoms with van der Waals surface area (Å²) in [6.45, 7) is 1.51. The van der Waals surface area contributed by atoms with Crippen LogP contribution in [0.4, 0.5) is 0 Å². The van der Waals surface area contributed by atoms with E-state index in [1.54, 1.807) is 31.4 Å². The number of Topliss-reactive ketones (excluding diaryl/α,β-unsaturated/α-hetero) is 1. The number of likely N-dealkylation sites (tertiary alicyclic amines) is 1. The van der Waals surface area contributed by atoms with E-state index >= 15 is 0 Å². The molecule has 2 rings (SSSR count). The maximum atomic E-state index is 12.2. The first-order valence-corrected chi connectivity index (χ1v) is 6.76. The van der Waals surface area contributed by atoms with Crippen LogP contribution in [0.5, 0.6) is 5.75 Å². The Labute approximate surface area is 118 Å². The number of hydrogen-bond donors (Lipinski definition) is 1. The zero-order valence-electron chi connectivity index (χ0n) is 11.5. The topological polar surface area (TPSA) is 66.8 Å². The summed E-state index contributed by atoms with van der Waals surface area (Å²) in [6, 6.07) is 6.04. The molecule has 0 radical (unpaired) electrons. The Hall–Kier alpha value is -1.88. The Morgan fingerprint density at radius 2 is 1.85 bits per heavy atom. The van der Waals surface area contributed by atoms with Gasteiger partial charge in [-0.2, -0.15) is 0 Å². The average Bonchev–Trinajstić information content (AvgIpc) is 2.98. The lowest BCUT2D eigenvalue weighted by Gasteiger charge is -2.22. The Morgan fingerprint density at radius 1 is 1.25 bits per heavy atom. The Morgan fingerprint density at radius 3 is 2.35 bits per heavy atom. The van der Waals surface area contributed by atoms with Crippen LogP contribution < -0.4 is 4.74 Å². The fraction of sp³-hybridized carbons (Fsp3) is 0.467. The standard InChI is InChI=1S/C15H19NO4/c1-20-12-6-4-11(5-7-12)14(17)10-13(15(18)19)16-8-2-3-9-16/h4-7,13H,2-3,8-10H2,1H3,(H,18,19). The third-order valence-electron chi connectivity index (χ3n) is 3.66. The molecule has 1 aromatic carbocycles. The molecule has 1 saturated heterocycles. The van der Waals surface area contributed by atoms with E-state index < -0.39 is 12.0 Å². The van der Waals surface area contributed by atoms with E-state index in [1.165, 1.54) is 0 Å². The largest absolute Gasteiger partial charge is 0.497 e. The second-order valence-electron chi connectivity index (χ2n) is 4.95. The minimum atomic E-state index is -0.922. The van der Waals surface area contributed by atoms with E-state index in [9.17, 15) is 14.7 Å². The molecule has 1 heterocycles. The SMILES string of the molecule is COc1ccc(C(=O)CC(C(=O)O)N2CCCC2)cc1. The van der Waals surface area contributed by atoms with Crippen molar-refractivity contribution >= 4 is 11.8 Å². The van der Waals surface area contributed by atoms with E-state index in [0.717, 1.165) is 25.9 Å². The van der Waals surface area contributed by atoms with E-state index in [4.69, 9.17) is 4.74 Å². The first kappa shape index (κ1) is 14.5. The Bertz CT molecular complexity index is 477. The van der Waals surface area contributed by atoms with Crippen LogP contribution in [-0.4, -0.2) is 48.0 Å². The van der Waals surface area contributed by atoms with Crippen molar-refractivity contribution in [2.24, 2.45) is 0 Å². The number of hydrogen-bond acceptors (Lipinski definition) is 4. The van der Waals surface area contributed by atoms with Crippen molar-refractivity contribution in [1.82, 2.24) is 4.90 Å². The van der Waals surface area contributed by atoms with Crippen molar-refractivity contribution in [3.63, 3.8) is 0 Å². The van der Waals surface area contributed by atoms with Crippen LogP contribution in [0.15, 0.2) is 24.3 Å². The predicted molar refractivity (Wildman–Crippen MR) is 74.2 cm³/mol. The van der Waals surface area contributed by atoms with Gasteiger partial charge < -0.3 is 9.84 Å². The van der Waals surface area contributed by atoms with Gasteiger partial charge in [-0.1, -0.05) is 0 Å². The zero-order chi connectivity index (χ0) is 14.5. The lowest BCUT2D eigenvalue weighted by Crippen LogP contribution is -2.40. The molecule has 1 fully saturated rings. The van der Waals surface area contributed by atoms with Crippen molar-refractivity contribution in [3.05, 3.63) is 29.8 Å². The number of benzene rings is 1. The van der Waals surface area contributed by atoms with Crippen molar-refractivity contribution in [2.75, 3.05) is 20.2 Å². The van der Waals surface area contributed by atoms with Crippen LogP contribution in [-0.2, 0) is 4.79 Å². The molecule has 1 atom stereocenters. The Balaban J connectivity index is 2.05. The summed E-state index contributed by atoms with van der Waals surface area (Å²) in [5.74, 6) is -0.392. The number of aliphatic carboxylic acids is 1. The van der Waals surface area contributed by atoms with Crippen LogP contribution in [0.2, 0.25) is 0 Å². The molecular weight excluding hydrogens is 258 g/mol. The third kappa shape index (κ3) is 3.36. The summed E-state index contributed by atoms with van der Waals surface area (Å²) >= 11 is 0. The van der Waals surface area contributed by atoms with Crippen LogP contribution in [0.3, 0.4) is 0 Å². The molecule has 5 heteroatoms. The fourth-order valence-corrected chi connectivity index (χ4v) is 2.50. The second kappa shape index (κ2) is 6.52. The summed E-state index contributed by atoms with van der Waals surface area (Å²) in [4.78, 5) is 25.4. The smallest absolute Gasteiger partial charge is 0.321 e. The molecule has 1 aromatic rings. The average molecular weight is 277 g/mol. The Kier molecular flexibility index (Phi) is 4.74. The van der Waals surface area contributed by atoms with Crippen LogP contribution in [0, 0.1) is 0 Å². The lowest BCUT2D eigenvalue weighted by molar-refractivity contribution is -0.142. The number of ketones is 1. The van der Waals surface area contributed by atoms with Gasteiger partial charge in [-0.15, -0.1) is 0 Å². The molecule has 1 unspecified atom stereocenters. The summed E-state index contributed by atoms with van der Waals surface area (Å²) in [7, 11) is 1.56. The lowest BCUT2D eigenvalue weighted by atomic mass is 10.0. The fourth-order valence-electron chi connectivity index (χ4n) is 2.50. The summed E-state index contributed by atoms with van der Waals surface area (Å²) in [5, 5.41) is 9.30. The second-order valence-corrected chi connectivity index (χ2v) is 4.95. The monoisotopic (exact) mass is 277 g/mol. The van der Waals surface area contributed by atoms with E-state index in [-0.39, 0.29) is 12.2 Å². The number of carboxylic acids is 1. The van der Waals surface area contributed by atoms with Crippen LogP contribution >= 0.6 is 0 Å². The highest BCUT2D eigenvalue weighted by Crippen LogP contribution is 2.18. The molecule has 0 amide bonds. The van der Waals surface area contributed by atoms with Gasteiger partial charge in [0.15, 0.2) is 5.78 Å². The molecule has 0 aromatic heterocycles. The van der Waals surface area contributed by atoms with Crippen LogP contribution in [0.25, 0.3) is 0 Å². The minimum absolute atomic E-state index is 0.0155. The highest BCUT2D eigenvalue weighted by Gasteiger charge is 2.30. The first-order valence-electron chi connectivity index (χ1n) is 6.76. The summed E-state index contributed by atoms with van der Waals surface area (Å²) in [5.41, 5.74) is 0.524. The number of rotatable bonds is 6. The van der Waals surface area contributed by atoms with Crippen molar-refractivity contribution in [3.8, 4) is 5.75 Å². The summed E-state index contributed by atoms with van der Waals surface area (Å²) < 4.78 is 5.04. The normalized spacial score (nSPS) is 16.9. The number of ether oxygens (including phenoxy) is 1. The molecule has 0 spiro atoms. The van der Waals surface area contributed by atoms with Gasteiger partial charge in [0.05, 0.1) is 7.11 Å². The zero-order valence-corrected chi connectivity index (χ0v) is 11.5. The quantitative estimate of drug-likeness (QED) is 0.803. The van der Waals surface area contributed by atoms with Gasteiger partial charge in [0.2, 0.25) is 0 Å².